The quantitative estimate of drug-likeness (QED) is 0.648. The average Bonchev–Trinajstić information content (AvgIpc) is 2.31. The zero-order chi connectivity index (χ0) is 12.6. The number of likely N-dealkylation sites (N-methyl/N-ethyl adjacent to an activating group) is 2. The molecule has 16 heavy (non-hydrogen) atoms. The Morgan fingerprint density at radius 2 is 1.88 bits per heavy atom. The van der Waals surface area contributed by atoms with E-state index in [1.165, 1.54) is 0 Å². The number of nitrogens with zero attached hydrogens (tertiary/aromatic N) is 1. The molecular weight excluding hydrogens is 202 g/mol. The predicted molar refractivity (Wildman–Crippen MR) is 68.5 cm³/mol. The normalized spacial score (nSPS) is 13.2. The Balaban J connectivity index is 4.05. The van der Waals surface area contributed by atoms with Crippen LogP contribution >= 0.6 is 0 Å². The highest BCUT2D eigenvalue weighted by molar-refractivity contribution is 5.81. The average molecular weight is 229 g/mol. The van der Waals surface area contributed by atoms with E-state index in [0.29, 0.717) is 6.04 Å². The summed E-state index contributed by atoms with van der Waals surface area (Å²) >= 11 is 0. The van der Waals surface area contributed by atoms with Crippen LogP contribution in [0.4, 0.5) is 0 Å². The van der Waals surface area contributed by atoms with Crippen molar-refractivity contribution in [2.45, 2.75) is 45.7 Å². The number of carbonyl (C=O) groups is 1. The second kappa shape index (κ2) is 8.53. The first-order valence-corrected chi connectivity index (χ1v) is 6.21. The van der Waals surface area contributed by atoms with Crippen LogP contribution in [0.1, 0.15) is 33.6 Å². The molecule has 4 nitrogen and oxygen atoms in total. The third-order valence-electron chi connectivity index (χ3n) is 3.09. The Bertz CT molecular complexity index is 193. The lowest BCUT2D eigenvalue weighted by Crippen LogP contribution is -2.47. The fourth-order valence-corrected chi connectivity index (χ4v) is 1.50. The monoisotopic (exact) mass is 229 g/mol. The van der Waals surface area contributed by atoms with Crippen molar-refractivity contribution in [3.8, 4) is 0 Å². The highest BCUT2D eigenvalue weighted by Gasteiger charge is 2.19. The van der Waals surface area contributed by atoms with Crippen molar-refractivity contribution in [2.75, 3.05) is 27.2 Å². The van der Waals surface area contributed by atoms with Crippen LogP contribution in [-0.4, -0.2) is 50.1 Å². The largest absolute Gasteiger partial charge is 0.352 e. The molecule has 0 radical (unpaired) electrons. The van der Waals surface area contributed by atoms with Crippen LogP contribution in [0, 0.1) is 0 Å². The van der Waals surface area contributed by atoms with E-state index in [9.17, 15) is 4.79 Å². The number of amides is 1. The molecule has 0 heterocycles. The van der Waals surface area contributed by atoms with Gasteiger partial charge in [-0.15, -0.1) is 0 Å². The van der Waals surface area contributed by atoms with Crippen LogP contribution < -0.4 is 10.6 Å². The summed E-state index contributed by atoms with van der Waals surface area (Å²) in [6.07, 6.45) is 1.99. The first kappa shape index (κ1) is 15.4. The van der Waals surface area contributed by atoms with Gasteiger partial charge < -0.3 is 10.6 Å². The van der Waals surface area contributed by atoms with E-state index < -0.39 is 0 Å². The molecule has 0 aromatic heterocycles. The van der Waals surface area contributed by atoms with Crippen molar-refractivity contribution in [3.63, 3.8) is 0 Å². The summed E-state index contributed by atoms with van der Waals surface area (Å²) in [7, 11) is 3.90. The highest BCUT2D eigenvalue weighted by Crippen LogP contribution is 2.00. The summed E-state index contributed by atoms with van der Waals surface area (Å²) < 4.78 is 0. The molecule has 2 N–H and O–H groups in total. The van der Waals surface area contributed by atoms with Crippen molar-refractivity contribution in [1.82, 2.24) is 15.5 Å². The Kier molecular flexibility index (Phi) is 8.21. The van der Waals surface area contributed by atoms with Gasteiger partial charge in [0.1, 0.15) is 0 Å². The molecule has 4 heteroatoms. The molecule has 0 aromatic carbocycles. The van der Waals surface area contributed by atoms with Gasteiger partial charge in [-0.25, -0.2) is 0 Å². The molecule has 0 saturated heterocycles. The Morgan fingerprint density at radius 3 is 2.31 bits per heavy atom. The molecule has 96 valence electrons. The van der Waals surface area contributed by atoms with Crippen LogP contribution in [0.3, 0.4) is 0 Å². The lowest BCUT2D eigenvalue weighted by atomic mass is 10.1. The van der Waals surface area contributed by atoms with Crippen molar-refractivity contribution in [3.05, 3.63) is 0 Å². The number of carbonyl (C=O) groups excluding carboxylic acids is 1. The van der Waals surface area contributed by atoms with Gasteiger partial charge in [-0.3, -0.25) is 9.69 Å². The van der Waals surface area contributed by atoms with Gasteiger partial charge in [0.05, 0.1) is 6.04 Å². The number of hydrogen-bond donors (Lipinski definition) is 2. The SMILES string of the molecule is CCC(CC)NC(=O)C(C)N(C)CCNC. The maximum absolute atomic E-state index is 11.9. The molecule has 0 aliphatic carbocycles. The minimum absolute atomic E-state index is 0.0612. The van der Waals surface area contributed by atoms with Crippen molar-refractivity contribution in [2.24, 2.45) is 0 Å². The molecule has 0 aromatic rings. The van der Waals surface area contributed by atoms with Crippen molar-refractivity contribution in [1.29, 1.82) is 0 Å². The molecule has 0 aliphatic rings. The Hall–Kier alpha value is -0.610. The van der Waals surface area contributed by atoms with E-state index in [-0.39, 0.29) is 11.9 Å². The van der Waals surface area contributed by atoms with Crippen LogP contribution in [0.5, 0.6) is 0 Å². The van der Waals surface area contributed by atoms with Crippen LogP contribution in [0.25, 0.3) is 0 Å². The van der Waals surface area contributed by atoms with Gasteiger partial charge >= 0.3 is 0 Å². The molecule has 0 bridgehead atoms. The molecule has 1 atom stereocenters. The van der Waals surface area contributed by atoms with E-state index >= 15 is 0 Å². The maximum atomic E-state index is 11.9. The summed E-state index contributed by atoms with van der Waals surface area (Å²) in [5.74, 6) is 0.132. The van der Waals surface area contributed by atoms with Crippen LogP contribution in [0.15, 0.2) is 0 Å². The second-order valence-electron chi connectivity index (χ2n) is 4.28. The van der Waals surface area contributed by atoms with Crippen molar-refractivity contribution < 1.29 is 4.79 Å². The highest BCUT2D eigenvalue weighted by atomic mass is 16.2. The lowest BCUT2D eigenvalue weighted by Gasteiger charge is -2.25. The second-order valence-corrected chi connectivity index (χ2v) is 4.28. The number of rotatable bonds is 8. The topological polar surface area (TPSA) is 44.4 Å². The first-order valence-electron chi connectivity index (χ1n) is 6.21. The van der Waals surface area contributed by atoms with Gasteiger partial charge in [0, 0.05) is 19.1 Å². The molecule has 0 rings (SSSR count). The number of hydrogen-bond acceptors (Lipinski definition) is 3. The van der Waals surface area contributed by atoms with E-state index in [0.717, 1.165) is 25.9 Å². The Labute approximate surface area is 99.8 Å². The fourth-order valence-electron chi connectivity index (χ4n) is 1.50. The molecule has 0 fully saturated rings. The summed E-state index contributed by atoms with van der Waals surface area (Å²) in [5, 5.41) is 6.15. The fraction of sp³-hybridized carbons (Fsp3) is 0.917. The van der Waals surface area contributed by atoms with Gasteiger partial charge in [-0.1, -0.05) is 13.8 Å². The molecule has 1 unspecified atom stereocenters. The molecule has 0 aliphatic heterocycles. The predicted octanol–water partition coefficient (Wildman–Crippen LogP) is 0.831. The van der Waals surface area contributed by atoms with E-state index in [1.807, 2.05) is 21.0 Å². The van der Waals surface area contributed by atoms with Gasteiger partial charge in [-0.05, 0) is 33.9 Å². The lowest BCUT2D eigenvalue weighted by molar-refractivity contribution is -0.126. The molecular formula is C12H27N3O. The third kappa shape index (κ3) is 5.47. The maximum Gasteiger partial charge on any atom is 0.237 e. The van der Waals surface area contributed by atoms with E-state index in [2.05, 4.69) is 29.4 Å². The molecule has 0 saturated carbocycles. The summed E-state index contributed by atoms with van der Waals surface area (Å²) in [6.45, 7) is 7.94. The third-order valence-corrected chi connectivity index (χ3v) is 3.09. The standard InChI is InChI=1S/C12H27N3O/c1-6-11(7-2)14-12(16)10(3)15(5)9-8-13-4/h10-11,13H,6-9H2,1-5H3,(H,14,16). The molecule has 1 amide bonds. The summed E-state index contributed by atoms with van der Waals surface area (Å²) in [4.78, 5) is 14.0. The molecule has 0 spiro atoms. The van der Waals surface area contributed by atoms with Crippen LogP contribution in [0.2, 0.25) is 0 Å². The van der Waals surface area contributed by atoms with Crippen LogP contribution in [-0.2, 0) is 4.79 Å². The summed E-state index contributed by atoms with van der Waals surface area (Å²) in [6, 6.07) is 0.251. The van der Waals surface area contributed by atoms with Crippen molar-refractivity contribution >= 4 is 5.91 Å². The van der Waals surface area contributed by atoms with E-state index in [1.54, 1.807) is 0 Å². The van der Waals surface area contributed by atoms with Gasteiger partial charge in [0.25, 0.3) is 0 Å². The smallest absolute Gasteiger partial charge is 0.237 e. The van der Waals surface area contributed by atoms with Gasteiger partial charge in [0.2, 0.25) is 5.91 Å². The summed E-state index contributed by atoms with van der Waals surface area (Å²) in [5.41, 5.74) is 0. The van der Waals surface area contributed by atoms with Gasteiger partial charge in [-0.2, -0.15) is 0 Å². The zero-order valence-electron chi connectivity index (χ0n) is 11.3. The number of nitrogens with one attached hydrogen (secondary N) is 2. The Morgan fingerprint density at radius 1 is 1.31 bits per heavy atom. The zero-order valence-corrected chi connectivity index (χ0v) is 11.3. The first-order chi connectivity index (χ1) is 7.56. The van der Waals surface area contributed by atoms with Gasteiger partial charge in [0.15, 0.2) is 0 Å². The van der Waals surface area contributed by atoms with E-state index in [4.69, 9.17) is 0 Å². The minimum Gasteiger partial charge on any atom is -0.352 e. The minimum atomic E-state index is -0.0612.